The Balaban J connectivity index is 2.02. The summed E-state index contributed by atoms with van der Waals surface area (Å²) in [6.45, 7) is 0.328. The highest BCUT2D eigenvalue weighted by Crippen LogP contribution is 2.32. The fourth-order valence-electron chi connectivity index (χ4n) is 2.83. The number of sulfonamides is 1. The third kappa shape index (κ3) is 6.77. The van der Waals surface area contributed by atoms with Crippen molar-refractivity contribution in [3.63, 3.8) is 0 Å². The van der Waals surface area contributed by atoms with E-state index in [1.807, 2.05) is 30.3 Å². The third-order valence-corrected chi connectivity index (χ3v) is 5.50. The van der Waals surface area contributed by atoms with Crippen LogP contribution in [-0.4, -0.2) is 39.1 Å². The van der Waals surface area contributed by atoms with Crippen LogP contribution in [0.15, 0.2) is 54.6 Å². The summed E-state index contributed by atoms with van der Waals surface area (Å²) in [5.41, 5.74) is -0.0418. The van der Waals surface area contributed by atoms with Crippen LogP contribution in [0, 0.1) is 0 Å². The number of halogens is 3. The lowest BCUT2D eigenvalue weighted by molar-refractivity contribution is -0.137. The van der Waals surface area contributed by atoms with Crippen LogP contribution in [0.4, 0.5) is 18.9 Å². The predicted octanol–water partition coefficient (Wildman–Crippen LogP) is 3.91. The van der Waals surface area contributed by atoms with E-state index in [-0.39, 0.29) is 31.0 Å². The summed E-state index contributed by atoms with van der Waals surface area (Å²) in [6, 6.07) is 13.5. The summed E-state index contributed by atoms with van der Waals surface area (Å²) in [6.07, 6.45) is -3.39. The van der Waals surface area contributed by atoms with Crippen LogP contribution in [0.2, 0.25) is 0 Å². The van der Waals surface area contributed by atoms with Crippen molar-refractivity contribution in [2.45, 2.75) is 25.6 Å². The molecule has 0 aliphatic rings. The normalized spacial score (nSPS) is 11.9. The number of hydrogen-bond acceptors (Lipinski definition) is 3. The Hall–Kier alpha value is -2.55. The number of alkyl halides is 3. The average Bonchev–Trinajstić information content (AvgIpc) is 2.64. The molecule has 0 fully saturated rings. The molecule has 29 heavy (non-hydrogen) atoms. The first-order chi connectivity index (χ1) is 13.5. The summed E-state index contributed by atoms with van der Waals surface area (Å²) in [7, 11) is -2.16. The maximum atomic E-state index is 12.9. The summed E-state index contributed by atoms with van der Waals surface area (Å²) < 4.78 is 63.9. The minimum atomic E-state index is -4.57. The van der Waals surface area contributed by atoms with Crippen LogP contribution in [0.3, 0.4) is 0 Å². The van der Waals surface area contributed by atoms with Gasteiger partial charge in [-0.05, 0) is 30.2 Å². The molecule has 2 rings (SSSR count). The molecule has 0 atom stereocenters. The smallest absolute Gasteiger partial charge is 0.341 e. The highest BCUT2D eigenvalue weighted by Gasteiger charge is 2.31. The van der Waals surface area contributed by atoms with Gasteiger partial charge < -0.3 is 4.90 Å². The number of anilines is 1. The van der Waals surface area contributed by atoms with E-state index in [4.69, 9.17) is 0 Å². The van der Waals surface area contributed by atoms with E-state index >= 15 is 0 Å². The molecule has 158 valence electrons. The molecule has 5 nitrogen and oxygen atoms in total. The van der Waals surface area contributed by atoms with Crippen LogP contribution >= 0.6 is 0 Å². The Kier molecular flexibility index (Phi) is 7.29. The van der Waals surface area contributed by atoms with Gasteiger partial charge in [0.1, 0.15) is 0 Å². The first-order valence-corrected chi connectivity index (χ1v) is 10.8. The zero-order chi connectivity index (χ0) is 21.7. The van der Waals surface area contributed by atoms with Gasteiger partial charge in [0.25, 0.3) is 0 Å². The monoisotopic (exact) mass is 428 g/mol. The molecule has 2 aromatic carbocycles. The highest BCUT2D eigenvalue weighted by atomic mass is 32.2. The van der Waals surface area contributed by atoms with Gasteiger partial charge in [0.15, 0.2) is 0 Å². The second kappa shape index (κ2) is 9.30. The van der Waals surface area contributed by atoms with E-state index in [1.54, 1.807) is 7.05 Å². The molecule has 0 saturated heterocycles. The summed E-state index contributed by atoms with van der Waals surface area (Å²) in [5, 5.41) is 0. The largest absolute Gasteiger partial charge is 0.416 e. The molecule has 0 aliphatic heterocycles. The van der Waals surface area contributed by atoms with E-state index in [0.29, 0.717) is 6.54 Å². The first kappa shape index (κ1) is 22.7. The van der Waals surface area contributed by atoms with Crippen molar-refractivity contribution in [1.29, 1.82) is 0 Å². The zero-order valence-electron chi connectivity index (χ0n) is 16.2. The maximum Gasteiger partial charge on any atom is 0.416 e. The second-order valence-electron chi connectivity index (χ2n) is 6.72. The van der Waals surface area contributed by atoms with Crippen molar-refractivity contribution in [1.82, 2.24) is 4.90 Å². The van der Waals surface area contributed by atoms with Crippen molar-refractivity contribution >= 4 is 21.6 Å². The Morgan fingerprint density at radius 1 is 1.03 bits per heavy atom. The molecule has 0 aromatic heterocycles. The lowest BCUT2D eigenvalue weighted by Crippen LogP contribution is -2.32. The van der Waals surface area contributed by atoms with Gasteiger partial charge in [0, 0.05) is 26.6 Å². The van der Waals surface area contributed by atoms with Gasteiger partial charge in [0.05, 0.1) is 17.5 Å². The van der Waals surface area contributed by atoms with Gasteiger partial charge in [-0.25, -0.2) is 8.42 Å². The zero-order valence-corrected chi connectivity index (χ0v) is 17.0. The quantitative estimate of drug-likeness (QED) is 0.641. The molecular formula is C20H23F3N2O3S. The van der Waals surface area contributed by atoms with Crippen molar-refractivity contribution in [2.24, 2.45) is 0 Å². The van der Waals surface area contributed by atoms with Gasteiger partial charge >= 0.3 is 6.18 Å². The summed E-state index contributed by atoms with van der Waals surface area (Å²) in [4.78, 5) is 13.8. The van der Waals surface area contributed by atoms with Crippen LogP contribution in [0.5, 0.6) is 0 Å². The molecule has 0 spiro atoms. The van der Waals surface area contributed by atoms with Crippen molar-refractivity contribution in [3.05, 3.63) is 65.7 Å². The minimum absolute atomic E-state index is 0.0765. The molecule has 9 heteroatoms. The summed E-state index contributed by atoms with van der Waals surface area (Å²) >= 11 is 0. The van der Waals surface area contributed by atoms with E-state index in [2.05, 4.69) is 0 Å². The SMILES string of the molecule is CN(Cc1ccccc1)C(=O)CCCN(c1cccc(C(F)(F)F)c1)S(C)(=O)=O. The van der Waals surface area contributed by atoms with Crippen LogP contribution < -0.4 is 4.31 Å². The topological polar surface area (TPSA) is 57.7 Å². The molecule has 0 bridgehead atoms. The molecule has 0 aliphatic carbocycles. The molecule has 0 N–H and O–H groups in total. The van der Waals surface area contributed by atoms with Gasteiger partial charge in [-0.2, -0.15) is 13.2 Å². The van der Waals surface area contributed by atoms with Gasteiger partial charge in [0.2, 0.25) is 15.9 Å². The lowest BCUT2D eigenvalue weighted by Gasteiger charge is -2.24. The first-order valence-electron chi connectivity index (χ1n) is 8.91. The van der Waals surface area contributed by atoms with Gasteiger partial charge in [-0.1, -0.05) is 36.4 Å². The van der Waals surface area contributed by atoms with E-state index in [9.17, 15) is 26.4 Å². The summed E-state index contributed by atoms with van der Waals surface area (Å²) in [5.74, 6) is -0.175. The molecule has 0 heterocycles. The maximum absolute atomic E-state index is 12.9. The molecule has 1 amide bonds. The van der Waals surface area contributed by atoms with Gasteiger partial charge in [-0.3, -0.25) is 9.10 Å². The standard InChI is InChI=1S/C20H23F3N2O3S/c1-24(15-16-8-4-3-5-9-16)19(26)12-7-13-25(29(2,27)28)18-11-6-10-17(14-18)20(21,22)23/h3-6,8-11,14H,7,12-13,15H2,1-2H3. The predicted molar refractivity (Wildman–Crippen MR) is 106 cm³/mol. The number of nitrogens with zero attached hydrogens (tertiary/aromatic N) is 2. The van der Waals surface area contributed by atoms with Crippen molar-refractivity contribution < 1.29 is 26.4 Å². The van der Waals surface area contributed by atoms with Crippen molar-refractivity contribution in [2.75, 3.05) is 24.2 Å². The Bertz CT molecular complexity index is 931. The van der Waals surface area contributed by atoms with E-state index < -0.39 is 21.8 Å². The highest BCUT2D eigenvalue weighted by molar-refractivity contribution is 7.92. The average molecular weight is 428 g/mol. The fourth-order valence-corrected chi connectivity index (χ4v) is 3.79. The third-order valence-electron chi connectivity index (χ3n) is 4.30. The lowest BCUT2D eigenvalue weighted by atomic mass is 10.2. The van der Waals surface area contributed by atoms with E-state index in [0.717, 1.165) is 34.3 Å². The van der Waals surface area contributed by atoms with Crippen LogP contribution in [0.25, 0.3) is 0 Å². The Labute approximate surface area is 168 Å². The number of carbonyl (C=O) groups is 1. The molecular weight excluding hydrogens is 405 g/mol. The number of benzene rings is 2. The number of carbonyl (C=O) groups excluding carboxylic acids is 1. The molecule has 0 radical (unpaired) electrons. The molecule has 0 unspecified atom stereocenters. The number of amides is 1. The van der Waals surface area contributed by atoms with Crippen LogP contribution in [0.1, 0.15) is 24.0 Å². The fraction of sp³-hybridized carbons (Fsp3) is 0.350. The van der Waals surface area contributed by atoms with Gasteiger partial charge in [-0.15, -0.1) is 0 Å². The number of rotatable bonds is 8. The van der Waals surface area contributed by atoms with Crippen LogP contribution in [-0.2, 0) is 27.5 Å². The van der Waals surface area contributed by atoms with Crippen molar-refractivity contribution in [3.8, 4) is 0 Å². The second-order valence-corrected chi connectivity index (χ2v) is 8.63. The molecule has 2 aromatic rings. The minimum Gasteiger partial charge on any atom is -0.341 e. The Morgan fingerprint density at radius 3 is 2.28 bits per heavy atom. The number of hydrogen-bond donors (Lipinski definition) is 0. The Morgan fingerprint density at radius 2 is 1.69 bits per heavy atom. The molecule has 0 saturated carbocycles. The van der Waals surface area contributed by atoms with E-state index in [1.165, 1.54) is 11.0 Å².